The van der Waals surface area contributed by atoms with Gasteiger partial charge in [0.1, 0.15) is 0 Å². The molecule has 0 fully saturated rings. The Balaban J connectivity index is 2.41. The van der Waals surface area contributed by atoms with Crippen molar-refractivity contribution in [1.82, 2.24) is 0 Å². The predicted octanol–water partition coefficient (Wildman–Crippen LogP) is 4.15. The molecule has 1 aromatic carbocycles. The number of carbonyl (C=O) groups excluding carboxylic acids is 1. The lowest BCUT2D eigenvalue weighted by Crippen LogP contribution is -2.48. The molecule has 3 heteroatoms. The topological polar surface area (TPSA) is 32.3 Å². The summed E-state index contributed by atoms with van der Waals surface area (Å²) in [5.74, 6) is 0.620. The van der Waals surface area contributed by atoms with E-state index in [0.29, 0.717) is 12.3 Å². The molecule has 3 nitrogen and oxygen atoms in total. The van der Waals surface area contributed by atoms with Crippen LogP contribution in [0.15, 0.2) is 18.2 Å². The van der Waals surface area contributed by atoms with Crippen molar-refractivity contribution in [3.63, 3.8) is 0 Å². The summed E-state index contributed by atoms with van der Waals surface area (Å²) in [7, 11) is 0. The van der Waals surface area contributed by atoms with E-state index in [2.05, 4.69) is 50.0 Å². The zero-order valence-electron chi connectivity index (χ0n) is 13.3. The van der Waals surface area contributed by atoms with Gasteiger partial charge in [-0.15, -0.1) is 0 Å². The van der Waals surface area contributed by atoms with E-state index in [4.69, 9.17) is 0 Å². The summed E-state index contributed by atoms with van der Waals surface area (Å²) >= 11 is 0. The summed E-state index contributed by atoms with van der Waals surface area (Å²) < 4.78 is 0. The highest BCUT2D eigenvalue weighted by Crippen LogP contribution is 2.44. The minimum Gasteiger partial charge on any atom is -0.366 e. The van der Waals surface area contributed by atoms with Crippen molar-refractivity contribution in [2.24, 2.45) is 0 Å². The average molecular weight is 274 g/mol. The summed E-state index contributed by atoms with van der Waals surface area (Å²) in [6.45, 7) is 11.9. The zero-order valence-corrected chi connectivity index (χ0v) is 13.3. The van der Waals surface area contributed by atoms with Gasteiger partial charge in [0.25, 0.3) is 0 Å². The Hall–Kier alpha value is -1.51. The molecule has 0 bridgehead atoms. The number of nitrogens with zero attached hydrogens (tertiary/aromatic N) is 1. The highest BCUT2D eigenvalue weighted by Gasteiger charge is 2.35. The van der Waals surface area contributed by atoms with Crippen LogP contribution in [0.1, 0.15) is 58.9 Å². The number of amides is 1. The molecule has 1 atom stereocenters. The van der Waals surface area contributed by atoms with Gasteiger partial charge < -0.3 is 10.2 Å². The molecule has 2 rings (SSSR count). The maximum absolute atomic E-state index is 11.6. The van der Waals surface area contributed by atoms with Crippen molar-refractivity contribution >= 4 is 17.3 Å². The smallest absolute Gasteiger partial charge is 0.224 e. The van der Waals surface area contributed by atoms with Crippen LogP contribution in [0.3, 0.4) is 0 Å². The fourth-order valence-electron chi connectivity index (χ4n) is 3.42. The lowest BCUT2D eigenvalue weighted by molar-refractivity contribution is -0.115. The first-order valence-electron chi connectivity index (χ1n) is 7.60. The molecule has 110 valence electrons. The standard InChI is InChI=1S/C17H26N2O/c1-6-16(20)18-13-8-9-14-12(3)11-17(4,5)19(7-2)15(14)10-13/h8-10,12H,6-7,11H2,1-5H3,(H,18,20)/t12-/m1/s1. The number of hydrogen-bond donors (Lipinski definition) is 1. The average Bonchev–Trinajstić information content (AvgIpc) is 2.37. The summed E-state index contributed by atoms with van der Waals surface area (Å²) in [4.78, 5) is 14.0. The Bertz CT molecular complexity index is 508. The Labute approximate surface area is 122 Å². The molecule has 0 unspecified atom stereocenters. The van der Waals surface area contributed by atoms with E-state index in [1.807, 2.05) is 13.0 Å². The van der Waals surface area contributed by atoms with E-state index in [-0.39, 0.29) is 11.4 Å². The first-order chi connectivity index (χ1) is 9.39. The first-order valence-corrected chi connectivity index (χ1v) is 7.60. The highest BCUT2D eigenvalue weighted by atomic mass is 16.1. The number of rotatable bonds is 3. The fraction of sp³-hybridized carbons (Fsp3) is 0.588. The van der Waals surface area contributed by atoms with E-state index < -0.39 is 0 Å². The van der Waals surface area contributed by atoms with Crippen molar-refractivity contribution < 1.29 is 4.79 Å². The van der Waals surface area contributed by atoms with Crippen molar-refractivity contribution in [2.75, 3.05) is 16.8 Å². The van der Waals surface area contributed by atoms with Crippen molar-refractivity contribution in [2.45, 2.75) is 58.9 Å². The predicted molar refractivity (Wildman–Crippen MR) is 85.5 cm³/mol. The largest absolute Gasteiger partial charge is 0.366 e. The fourth-order valence-corrected chi connectivity index (χ4v) is 3.42. The van der Waals surface area contributed by atoms with E-state index in [1.54, 1.807) is 0 Å². The number of fused-ring (bicyclic) bond motifs is 1. The normalized spacial score (nSPS) is 20.4. The van der Waals surface area contributed by atoms with E-state index in [1.165, 1.54) is 11.3 Å². The number of benzene rings is 1. The van der Waals surface area contributed by atoms with Crippen LogP contribution in [0.4, 0.5) is 11.4 Å². The van der Waals surface area contributed by atoms with E-state index in [9.17, 15) is 4.79 Å². The Morgan fingerprint density at radius 2 is 2.10 bits per heavy atom. The van der Waals surface area contributed by atoms with Crippen LogP contribution in [-0.2, 0) is 4.79 Å². The zero-order chi connectivity index (χ0) is 14.9. The Morgan fingerprint density at radius 3 is 2.70 bits per heavy atom. The molecule has 0 aromatic heterocycles. The molecule has 0 saturated carbocycles. The monoisotopic (exact) mass is 274 g/mol. The van der Waals surface area contributed by atoms with Crippen molar-refractivity contribution in [3.05, 3.63) is 23.8 Å². The van der Waals surface area contributed by atoms with Gasteiger partial charge in [-0.1, -0.05) is 19.9 Å². The maximum Gasteiger partial charge on any atom is 0.224 e. The third-order valence-corrected chi connectivity index (χ3v) is 4.31. The highest BCUT2D eigenvalue weighted by molar-refractivity contribution is 5.91. The van der Waals surface area contributed by atoms with Crippen molar-refractivity contribution in [1.29, 1.82) is 0 Å². The number of nitrogens with one attached hydrogen (secondary N) is 1. The quantitative estimate of drug-likeness (QED) is 0.898. The second kappa shape index (κ2) is 5.47. The number of anilines is 2. The number of hydrogen-bond acceptors (Lipinski definition) is 2. The van der Waals surface area contributed by atoms with Crippen LogP contribution in [0, 0.1) is 0 Å². The van der Waals surface area contributed by atoms with Crippen LogP contribution in [0.5, 0.6) is 0 Å². The lowest BCUT2D eigenvalue weighted by atomic mass is 9.80. The van der Waals surface area contributed by atoms with E-state index >= 15 is 0 Å². The summed E-state index contributed by atoms with van der Waals surface area (Å²) in [6.07, 6.45) is 1.67. The third kappa shape index (κ3) is 2.67. The molecule has 1 heterocycles. The molecule has 0 spiro atoms. The molecule has 0 aliphatic carbocycles. The maximum atomic E-state index is 11.6. The number of carbonyl (C=O) groups is 1. The summed E-state index contributed by atoms with van der Waals surface area (Å²) in [6, 6.07) is 6.32. The van der Waals surface area contributed by atoms with Gasteiger partial charge in [-0.3, -0.25) is 4.79 Å². The van der Waals surface area contributed by atoms with Gasteiger partial charge >= 0.3 is 0 Å². The van der Waals surface area contributed by atoms with Gasteiger partial charge in [-0.25, -0.2) is 0 Å². The molecular weight excluding hydrogens is 248 g/mol. The van der Waals surface area contributed by atoms with Gasteiger partial charge in [-0.05, 0) is 50.8 Å². The minimum absolute atomic E-state index is 0.0658. The molecule has 0 radical (unpaired) electrons. The van der Waals surface area contributed by atoms with Crippen LogP contribution >= 0.6 is 0 Å². The second-order valence-electron chi connectivity index (χ2n) is 6.34. The minimum atomic E-state index is 0.0658. The molecule has 1 aromatic rings. The van der Waals surface area contributed by atoms with Crippen LogP contribution < -0.4 is 10.2 Å². The van der Waals surface area contributed by atoms with Crippen LogP contribution in [0.2, 0.25) is 0 Å². The molecule has 20 heavy (non-hydrogen) atoms. The van der Waals surface area contributed by atoms with Crippen LogP contribution in [-0.4, -0.2) is 18.0 Å². The summed E-state index contributed by atoms with van der Waals surface area (Å²) in [5, 5.41) is 2.96. The van der Waals surface area contributed by atoms with Gasteiger partial charge in [0, 0.05) is 29.9 Å². The van der Waals surface area contributed by atoms with Crippen LogP contribution in [0.25, 0.3) is 0 Å². The molecule has 0 saturated heterocycles. The third-order valence-electron chi connectivity index (χ3n) is 4.31. The first kappa shape index (κ1) is 14.9. The molecule has 1 aliphatic rings. The molecule has 1 N–H and O–H groups in total. The van der Waals surface area contributed by atoms with Gasteiger partial charge in [0.05, 0.1) is 0 Å². The van der Waals surface area contributed by atoms with Crippen molar-refractivity contribution in [3.8, 4) is 0 Å². The van der Waals surface area contributed by atoms with Gasteiger partial charge in [0.2, 0.25) is 5.91 Å². The lowest BCUT2D eigenvalue weighted by Gasteiger charge is -2.47. The molecule has 1 amide bonds. The SMILES string of the molecule is CCC(=O)Nc1ccc2c(c1)N(CC)C(C)(C)C[C@H]2C. The summed E-state index contributed by atoms with van der Waals surface area (Å²) in [5.41, 5.74) is 3.72. The molecular formula is C17H26N2O. The Kier molecular flexibility index (Phi) is 4.07. The van der Waals surface area contributed by atoms with Gasteiger partial charge in [0.15, 0.2) is 0 Å². The second-order valence-corrected chi connectivity index (χ2v) is 6.34. The molecule has 1 aliphatic heterocycles. The Morgan fingerprint density at radius 1 is 1.40 bits per heavy atom. The van der Waals surface area contributed by atoms with Gasteiger partial charge in [-0.2, -0.15) is 0 Å². The van der Waals surface area contributed by atoms with E-state index in [0.717, 1.165) is 18.7 Å².